The minimum Gasteiger partial charge on any atom is -0.496 e. The molecule has 0 saturated carbocycles. The molecule has 0 aliphatic rings. The number of alkyl halides is 6. The SMILES string of the molecule is CCOC(=O)c1ccc(C(C)n2nc(-c3cc(C(F)(F)F)ccc3OC)cc2OS(=O)(=O)C(F)(F)F)cc1. The van der Waals surface area contributed by atoms with Gasteiger partial charge in [0.05, 0.1) is 30.9 Å². The molecule has 1 atom stereocenters. The van der Waals surface area contributed by atoms with Crippen molar-refractivity contribution in [3.8, 4) is 22.9 Å². The molecule has 0 N–H and O–H groups in total. The second-order valence-electron chi connectivity index (χ2n) is 7.73. The van der Waals surface area contributed by atoms with Crippen LogP contribution in [-0.2, 0) is 21.0 Å². The molecular weight excluding hydrogens is 546 g/mol. The molecular formula is C23H20F6N2O6S. The van der Waals surface area contributed by atoms with Gasteiger partial charge in [0.2, 0.25) is 5.88 Å². The highest BCUT2D eigenvalue weighted by atomic mass is 32.2. The zero-order chi connectivity index (χ0) is 28.5. The molecule has 0 saturated heterocycles. The molecule has 15 heteroatoms. The molecule has 0 aliphatic carbocycles. The van der Waals surface area contributed by atoms with E-state index in [-0.39, 0.29) is 29.2 Å². The summed E-state index contributed by atoms with van der Waals surface area (Å²) in [6, 6.07) is 7.72. The number of nitrogens with zero attached hydrogens (tertiary/aromatic N) is 2. The first-order valence-corrected chi connectivity index (χ1v) is 12.1. The number of halogens is 6. The number of methoxy groups -OCH3 is 1. The third kappa shape index (κ3) is 6.03. The lowest BCUT2D eigenvalue weighted by Crippen LogP contribution is -2.29. The van der Waals surface area contributed by atoms with Crippen LogP contribution in [0.15, 0.2) is 48.5 Å². The molecule has 206 valence electrons. The van der Waals surface area contributed by atoms with Crippen molar-refractivity contribution >= 4 is 16.1 Å². The van der Waals surface area contributed by atoms with Crippen LogP contribution in [0.2, 0.25) is 0 Å². The molecule has 38 heavy (non-hydrogen) atoms. The van der Waals surface area contributed by atoms with Gasteiger partial charge in [-0.05, 0) is 49.7 Å². The summed E-state index contributed by atoms with van der Waals surface area (Å²) in [6.45, 7) is 3.16. The number of carbonyl (C=O) groups excluding carboxylic acids is 1. The van der Waals surface area contributed by atoms with Gasteiger partial charge in [0.25, 0.3) is 0 Å². The number of ether oxygens (including phenoxy) is 2. The van der Waals surface area contributed by atoms with Crippen molar-refractivity contribution in [1.29, 1.82) is 0 Å². The molecule has 0 bridgehead atoms. The number of esters is 1. The summed E-state index contributed by atoms with van der Waals surface area (Å²) in [5, 5.41) is 4.06. The van der Waals surface area contributed by atoms with Crippen molar-refractivity contribution < 1.29 is 53.2 Å². The molecule has 0 radical (unpaired) electrons. The molecule has 0 spiro atoms. The normalized spacial score (nSPS) is 13.2. The molecule has 3 rings (SSSR count). The quantitative estimate of drug-likeness (QED) is 0.152. The highest BCUT2D eigenvalue weighted by Crippen LogP contribution is 2.39. The first kappa shape index (κ1) is 28.8. The lowest BCUT2D eigenvalue weighted by Gasteiger charge is -2.17. The van der Waals surface area contributed by atoms with Gasteiger partial charge < -0.3 is 13.7 Å². The molecule has 0 aliphatic heterocycles. The van der Waals surface area contributed by atoms with E-state index in [1.165, 1.54) is 31.2 Å². The predicted molar refractivity (Wildman–Crippen MR) is 121 cm³/mol. The van der Waals surface area contributed by atoms with E-state index in [1.807, 2.05) is 0 Å². The lowest BCUT2D eigenvalue weighted by atomic mass is 10.1. The Labute approximate surface area is 212 Å². The van der Waals surface area contributed by atoms with Crippen molar-refractivity contribution in [3.63, 3.8) is 0 Å². The highest BCUT2D eigenvalue weighted by Gasteiger charge is 2.49. The van der Waals surface area contributed by atoms with E-state index in [2.05, 4.69) is 9.28 Å². The second-order valence-corrected chi connectivity index (χ2v) is 9.26. The fraction of sp³-hybridized carbons (Fsp3) is 0.304. The van der Waals surface area contributed by atoms with Crippen LogP contribution in [-0.4, -0.2) is 43.4 Å². The largest absolute Gasteiger partial charge is 0.534 e. The number of benzene rings is 2. The van der Waals surface area contributed by atoms with Crippen LogP contribution in [0, 0.1) is 0 Å². The predicted octanol–water partition coefficient (Wildman–Crippen LogP) is 5.59. The maximum absolute atomic E-state index is 13.3. The van der Waals surface area contributed by atoms with Gasteiger partial charge >= 0.3 is 27.8 Å². The van der Waals surface area contributed by atoms with Gasteiger partial charge in [0.1, 0.15) is 11.4 Å². The Balaban J connectivity index is 2.15. The summed E-state index contributed by atoms with van der Waals surface area (Å²) in [7, 11) is -5.01. The Morgan fingerprint density at radius 1 is 1.03 bits per heavy atom. The molecule has 3 aromatic rings. The van der Waals surface area contributed by atoms with Gasteiger partial charge in [-0.2, -0.15) is 39.9 Å². The van der Waals surface area contributed by atoms with Crippen LogP contribution < -0.4 is 8.92 Å². The number of hydrogen-bond acceptors (Lipinski definition) is 7. The standard InChI is InChI=1S/C23H20F6N2O6S/c1-4-36-21(32)15-7-5-14(6-8-15)13(2)31-20(37-38(33,34)23(27,28)29)12-18(30-31)17-11-16(22(24,25)26)9-10-19(17)35-3/h5-13H,4H2,1-3H3. The Bertz CT molecular complexity index is 1420. The van der Waals surface area contributed by atoms with E-state index < -0.39 is 45.3 Å². The lowest BCUT2D eigenvalue weighted by molar-refractivity contribution is -0.137. The van der Waals surface area contributed by atoms with E-state index in [4.69, 9.17) is 9.47 Å². The minimum absolute atomic E-state index is 0.112. The summed E-state index contributed by atoms with van der Waals surface area (Å²) < 4.78 is 118. The van der Waals surface area contributed by atoms with Gasteiger partial charge in [0, 0.05) is 11.6 Å². The van der Waals surface area contributed by atoms with Gasteiger partial charge in [-0.1, -0.05) is 12.1 Å². The van der Waals surface area contributed by atoms with Crippen molar-refractivity contribution in [2.45, 2.75) is 31.6 Å². The Hall–Kier alpha value is -3.75. The third-order valence-corrected chi connectivity index (χ3v) is 6.21. The first-order chi connectivity index (χ1) is 17.6. The summed E-state index contributed by atoms with van der Waals surface area (Å²) in [6.07, 6.45) is -4.77. The zero-order valence-corrected chi connectivity index (χ0v) is 20.7. The Morgan fingerprint density at radius 2 is 1.66 bits per heavy atom. The fourth-order valence-corrected chi connectivity index (χ4v) is 3.79. The monoisotopic (exact) mass is 566 g/mol. The smallest absolute Gasteiger partial charge is 0.496 e. The van der Waals surface area contributed by atoms with Gasteiger partial charge in [0.15, 0.2) is 0 Å². The van der Waals surface area contributed by atoms with Crippen LogP contribution in [0.25, 0.3) is 11.3 Å². The number of rotatable bonds is 8. The number of aromatic nitrogens is 2. The van der Waals surface area contributed by atoms with Crippen LogP contribution in [0.3, 0.4) is 0 Å². The van der Waals surface area contributed by atoms with Crippen LogP contribution in [0.1, 0.15) is 41.4 Å². The van der Waals surface area contributed by atoms with Crippen molar-refractivity contribution in [2.24, 2.45) is 0 Å². The molecule has 1 unspecified atom stereocenters. The average molecular weight is 566 g/mol. The second kappa shape index (κ2) is 10.6. The molecule has 8 nitrogen and oxygen atoms in total. The van der Waals surface area contributed by atoms with Crippen LogP contribution in [0.4, 0.5) is 26.3 Å². The Kier molecular flexibility index (Phi) is 8.00. The van der Waals surface area contributed by atoms with E-state index in [0.717, 1.165) is 30.0 Å². The van der Waals surface area contributed by atoms with Crippen molar-refractivity contribution in [1.82, 2.24) is 9.78 Å². The molecule has 0 fully saturated rings. The minimum atomic E-state index is -6.16. The first-order valence-electron chi connectivity index (χ1n) is 10.7. The summed E-state index contributed by atoms with van der Waals surface area (Å²) in [5.74, 6) is -1.65. The topological polar surface area (TPSA) is 96.7 Å². The molecule has 1 aromatic heterocycles. The number of hydrogen-bond donors (Lipinski definition) is 0. The van der Waals surface area contributed by atoms with E-state index >= 15 is 0 Å². The van der Waals surface area contributed by atoms with Crippen molar-refractivity contribution in [3.05, 3.63) is 65.2 Å². The van der Waals surface area contributed by atoms with E-state index in [9.17, 15) is 39.6 Å². The van der Waals surface area contributed by atoms with E-state index in [1.54, 1.807) is 6.92 Å². The maximum atomic E-state index is 13.3. The fourth-order valence-electron chi connectivity index (χ4n) is 3.35. The van der Waals surface area contributed by atoms with Crippen LogP contribution in [0.5, 0.6) is 11.6 Å². The number of carbonyl (C=O) groups is 1. The van der Waals surface area contributed by atoms with Gasteiger partial charge in [-0.15, -0.1) is 0 Å². The molecule has 2 aromatic carbocycles. The molecule has 1 heterocycles. The zero-order valence-electron chi connectivity index (χ0n) is 19.9. The summed E-state index contributed by atoms with van der Waals surface area (Å²) in [4.78, 5) is 11.9. The maximum Gasteiger partial charge on any atom is 0.534 e. The Morgan fingerprint density at radius 3 is 2.18 bits per heavy atom. The van der Waals surface area contributed by atoms with Gasteiger partial charge in [-0.25, -0.2) is 9.48 Å². The summed E-state index contributed by atoms with van der Waals surface area (Å²) >= 11 is 0. The van der Waals surface area contributed by atoms with Crippen molar-refractivity contribution in [2.75, 3.05) is 13.7 Å². The van der Waals surface area contributed by atoms with Gasteiger partial charge in [-0.3, -0.25) is 0 Å². The van der Waals surface area contributed by atoms with E-state index in [0.29, 0.717) is 11.6 Å². The highest BCUT2D eigenvalue weighted by molar-refractivity contribution is 7.87. The molecule has 0 amide bonds. The summed E-state index contributed by atoms with van der Waals surface area (Å²) in [5.41, 5.74) is -7.00. The average Bonchev–Trinajstić information content (AvgIpc) is 3.25. The van der Waals surface area contributed by atoms with Crippen LogP contribution >= 0.6 is 0 Å². The third-order valence-electron chi connectivity index (χ3n) is 5.25.